The molecular formula is C42H26Br2+2. The molecule has 8 aromatic rings. The van der Waals surface area contributed by atoms with Gasteiger partial charge < -0.3 is 0 Å². The lowest BCUT2D eigenvalue weighted by molar-refractivity contribution is 1.24. The highest BCUT2D eigenvalue weighted by molar-refractivity contribution is 9.11. The molecule has 0 aliphatic heterocycles. The lowest BCUT2D eigenvalue weighted by Crippen LogP contribution is -2.07. The molecule has 0 aromatic heterocycles. The molecule has 0 spiro atoms. The van der Waals surface area contributed by atoms with Crippen molar-refractivity contribution < 1.29 is 0 Å². The molecule has 8 rings (SSSR count). The number of rotatable bonds is 6. The summed E-state index contributed by atoms with van der Waals surface area (Å²) in [4.78, 5) is 0. The summed E-state index contributed by atoms with van der Waals surface area (Å²) in [5, 5.41) is 7.47. The quantitative estimate of drug-likeness (QED) is 0.0926. The van der Waals surface area contributed by atoms with Gasteiger partial charge in [-0.2, -0.15) is 0 Å². The normalized spacial score (nSPS) is 11.4. The predicted octanol–water partition coefficient (Wildman–Crippen LogP) is 12.1. The van der Waals surface area contributed by atoms with E-state index >= 15 is 0 Å². The van der Waals surface area contributed by atoms with Gasteiger partial charge in [-0.3, -0.25) is 0 Å². The van der Waals surface area contributed by atoms with Crippen LogP contribution in [0.1, 0.15) is 33.4 Å². The van der Waals surface area contributed by atoms with Crippen molar-refractivity contribution in [3.8, 4) is 0 Å². The van der Waals surface area contributed by atoms with Crippen LogP contribution >= 0.6 is 31.9 Å². The molecule has 0 fully saturated rings. The summed E-state index contributed by atoms with van der Waals surface area (Å²) in [5.74, 6) is 2.45. The Bertz CT molecular complexity index is 1980. The molecule has 0 radical (unpaired) electrons. The molecule has 0 saturated carbocycles. The van der Waals surface area contributed by atoms with Gasteiger partial charge in [0.1, 0.15) is 0 Å². The Kier molecular flexibility index (Phi) is 6.90. The van der Waals surface area contributed by atoms with E-state index in [1.54, 1.807) is 0 Å². The van der Waals surface area contributed by atoms with E-state index in [9.17, 15) is 0 Å². The highest BCUT2D eigenvalue weighted by Gasteiger charge is 2.31. The van der Waals surface area contributed by atoms with Gasteiger partial charge in [-0.15, -0.1) is 0 Å². The lowest BCUT2D eigenvalue weighted by Gasteiger charge is -2.21. The minimum atomic E-state index is 1.09. The van der Waals surface area contributed by atoms with E-state index in [4.69, 9.17) is 0 Å². The number of halogens is 2. The zero-order chi connectivity index (χ0) is 29.6. The molecule has 0 saturated heterocycles. The largest absolute Gasteiger partial charge is 0.0638 e. The Hall–Kier alpha value is -4.50. The summed E-state index contributed by atoms with van der Waals surface area (Å²) in [7, 11) is 0. The summed E-state index contributed by atoms with van der Waals surface area (Å²) in [5.41, 5.74) is 7.23. The third-order valence-electron chi connectivity index (χ3n) is 8.59. The van der Waals surface area contributed by atoms with Crippen LogP contribution in [-0.2, 0) is 0 Å². The molecule has 0 amide bonds. The smallest absolute Gasteiger partial charge is 0.0511 e. The first-order valence-electron chi connectivity index (χ1n) is 14.7. The molecule has 44 heavy (non-hydrogen) atoms. The minimum absolute atomic E-state index is 1.09. The fraction of sp³-hybridized carbons (Fsp3) is 0. The lowest BCUT2D eigenvalue weighted by atomic mass is 9.79. The van der Waals surface area contributed by atoms with E-state index in [0.717, 1.165) is 8.95 Å². The second-order valence-corrected chi connectivity index (χ2v) is 12.8. The van der Waals surface area contributed by atoms with Crippen LogP contribution in [0.5, 0.6) is 0 Å². The van der Waals surface area contributed by atoms with Gasteiger partial charge in [-0.25, -0.2) is 0 Å². The second kappa shape index (κ2) is 11.2. The van der Waals surface area contributed by atoms with Crippen molar-refractivity contribution in [3.63, 3.8) is 0 Å². The highest BCUT2D eigenvalue weighted by Crippen LogP contribution is 2.48. The summed E-state index contributed by atoms with van der Waals surface area (Å²) in [6, 6.07) is 56.8. The Morgan fingerprint density at radius 1 is 0.318 bits per heavy atom. The SMILES string of the molecule is Brc1cc([C+](c2ccccc2)c2ccccc2)c2ccc3c(Br)cc([C+](c4ccccc4)c4ccccc4)c4ccc1c2c34. The molecule has 2 heteroatoms. The maximum Gasteiger partial charge on any atom is 0.0638 e. The fourth-order valence-corrected chi connectivity index (χ4v) is 7.81. The number of hydrogen-bond donors (Lipinski definition) is 0. The van der Waals surface area contributed by atoms with Crippen molar-refractivity contribution in [2.45, 2.75) is 0 Å². The van der Waals surface area contributed by atoms with Gasteiger partial charge >= 0.3 is 0 Å². The van der Waals surface area contributed by atoms with E-state index in [1.165, 1.54) is 77.5 Å². The van der Waals surface area contributed by atoms with Crippen LogP contribution in [0.2, 0.25) is 0 Å². The zero-order valence-corrected chi connectivity index (χ0v) is 26.9. The molecule has 0 nitrogen and oxygen atoms in total. The first kappa shape index (κ1) is 27.1. The van der Waals surface area contributed by atoms with Gasteiger partial charge in [0.2, 0.25) is 0 Å². The molecule has 8 aromatic carbocycles. The van der Waals surface area contributed by atoms with Crippen LogP contribution in [0.3, 0.4) is 0 Å². The Balaban J connectivity index is 1.47. The van der Waals surface area contributed by atoms with E-state index in [2.05, 4.69) is 190 Å². The zero-order valence-electron chi connectivity index (χ0n) is 23.8. The van der Waals surface area contributed by atoms with Crippen LogP contribution < -0.4 is 0 Å². The summed E-state index contributed by atoms with van der Waals surface area (Å²) >= 11 is 8.03. The standard InChI is InChI=1S/C42H26Br2/c43-37-25-35(39(27-13-5-1-6-14-27)28-15-7-2-8-16-28)31-21-23-34-38(44)26-36(32-22-24-33(37)41(31)42(32)34)40(29-17-9-3-10-18-29)30-19-11-4-12-20-30/h1-26H/q+2. The third-order valence-corrected chi connectivity index (χ3v) is 9.90. The Morgan fingerprint density at radius 2 is 0.591 bits per heavy atom. The van der Waals surface area contributed by atoms with Gasteiger partial charge in [-0.05, 0) is 153 Å². The minimum Gasteiger partial charge on any atom is -0.0511 e. The number of benzene rings is 8. The van der Waals surface area contributed by atoms with Crippen LogP contribution in [0.25, 0.3) is 32.3 Å². The second-order valence-electron chi connectivity index (χ2n) is 11.1. The van der Waals surface area contributed by atoms with Gasteiger partial charge in [0, 0.05) is 44.5 Å². The number of hydrogen-bond acceptors (Lipinski definition) is 0. The van der Waals surface area contributed by atoms with E-state index in [-0.39, 0.29) is 0 Å². The van der Waals surface area contributed by atoms with Crippen molar-refractivity contribution in [2.75, 3.05) is 0 Å². The van der Waals surface area contributed by atoms with Crippen LogP contribution in [0.4, 0.5) is 0 Å². The van der Waals surface area contributed by atoms with E-state index < -0.39 is 0 Å². The van der Waals surface area contributed by atoms with E-state index in [1.807, 2.05) is 0 Å². The first-order chi connectivity index (χ1) is 21.7. The average Bonchev–Trinajstić information content (AvgIpc) is 3.08. The molecule has 0 atom stereocenters. The van der Waals surface area contributed by atoms with Gasteiger partial charge in [-0.1, -0.05) is 24.3 Å². The molecule has 0 unspecified atom stereocenters. The molecule has 0 N–H and O–H groups in total. The van der Waals surface area contributed by atoms with Gasteiger partial charge in [0.05, 0.1) is 54.2 Å². The fourth-order valence-electron chi connectivity index (χ4n) is 6.70. The molecule has 0 aliphatic carbocycles. The van der Waals surface area contributed by atoms with Gasteiger partial charge in [0.15, 0.2) is 0 Å². The monoisotopic (exact) mass is 688 g/mol. The predicted molar refractivity (Wildman–Crippen MR) is 192 cm³/mol. The van der Waals surface area contributed by atoms with Crippen molar-refractivity contribution in [1.82, 2.24) is 0 Å². The maximum absolute atomic E-state index is 4.01. The maximum atomic E-state index is 4.01. The summed E-state index contributed by atoms with van der Waals surface area (Å²) in [6.45, 7) is 0. The molecule has 0 aliphatic rings. The average molecular weight is 690 g/mol. The van der Waals surface area contributed by atoms with Crippen molar-refractivity contribution >= 4 is 64.2 Å². The molecular weight excluding hydrogens is 664 g/mol. The van der Waals surface area contributed by atoms with Crippen molar-refractivity contribution in [2.24, 2.45) is 0 Å². The first-order valence-corrected chi connectivity index (χ1v) is 16.3. The highest BCUT2D eigenvalue weighted by atomic mass is 79.9. The van der Waals surface area contributed by atoms with E-state index in [0.29, 0.717) is 0 Å². The Labute approximate surface area is 274 Å². The molecule has 0 bridgehead atoms. The van der Waals surface area contributed by atoms with Crippen LogP contribution in [0, 0.1) is 11.8 Å². The summed E-state index contributed by atoms with van der Waals surface area (Å²) in [6.07, 6.45) is 0. The van der Waals surface area contributed by atoms with Crippen molar-refractivity contribution in [3.05, 3.63) is 212 Å². The molecule has 0 heterocycles. The summed E-state index contributed by atoms with van der Waals surface area (Å²) < 4.78 is 2.19. The third kappa shape index (κ3) is 4.49. The van der Waals surface area contributed by atoms with Gasteiger partial charge in [0.25, 0.3) is 0 Å². The van der Waals surface area contributed by atoms with Crippen LogP contribution in [0.15, 0.2) is 167 Å². The topological polar surface area (TPSA) is 0 Å². The van der Waals surface area contributed by atoms with Crippen molar-refractivity contribution in [1.29, 1.82) is 0 Å². The molecule has 206 valence electrons. The van der Waals surface area contributed by atoms with Crippen LogP contribution in [-0.4, -0.2) is 0 Å². The Morgan fingerprint density at radius 3 is 0.886 bits per heavy atom.